The van der Waals surface area contributed by atoms with Gasteiger partial charge in [0.25, 0.3) is 5.91 Å². The summed E-state index contributed by atoms with van der Waals surface area (Å²) < 4.78 is 24.5. The molecular formula is C29H35N3O3S. The third kappa shape index (κ3) is 3.79. The number of nitrogens with zero attached hydrogens (tertiary/aromatic N) is 2. The predicted octanol–water partition coefficient (Wildman–Crippen LogP) is 5.60. The van der Waals surface area contributed by atoms with Crippen molar-refractivity contribution in [1.82, 2.24) is 13.6 Å². The van der Waals surface area contributed by atoms with E-state index < -0.39 is 11.2 Å². The van der Waals surface area contributed by atoms with E-state index >= 15 is 0 Å². The highest BCUT2D eigenvalue weighted by Crippen LogP contribution is 2.60. The lowest BCUT2D eigenvalue weighted by Crippen LogP contribution is -2.34. The van der Waals surface area contributed by atoms with Crippen LogP contribution in [0.15, 0.2) is 36.4 Å². The summed E-state index contributed by atoms with van der Waals surface area (Å²) in [7, 11) is 5.11. The van der Waals surface area contributed by atoms with Crippen LogP contribution < -0.4 is 9.46 Å². The van der Waals surface area contributed by atoms with Gasteiger partial charge in [-0.25, -0.2) is 8.51 Å². The van der Waals surface area contributed by atoms with E-state index in [0.29, 0.717) is 29.2 Å². The molecule has 3 aromatic rings. The second-order valence-electron chi connectivity index (χ2n) is 10.9. The van der Waals surface area contributed by atoms with Crippen LogP contribution in [0, 0.1) is 11.8 Å². The molecule has 0 radical (unpaired) electrons. The lowest BCUT2D eigenvalue weighted by atomic mass is 9.81. The Morgan fingerprint density at radius 3 is 2.61 bits per heavy atom. The molecule has 1 N–H and O–H groups in total. The largest absolute Gasteiger partial charge is 0.497 e. The van der Waals surface area contributed by atoms with Crippen molar-refractivity contribution in [2.45, 2.75) is 57.4 Å². The van der Waals surface area contributed by atoms with Crippen molar-refractivity contribution >= 4 is 28.0 Å². The van der Waals surface area contributed by atoms with Crippen molar-refractivity contribution in [1.29, 1.82) is 0 Å². The number of aromatic nitrogens is 1. The molecule has 2 heterocycles. The molecule has 0 bridgehead atoms. The first-order valence-electron chi connectivity index (χ1n) is 13.1. The van der Waals surface area contributed by atoms with Crippen LogP contribution in [0.4, 0.5) is 0 Å². The predicted molar refractivity (Wildman–Crippen MR) is 144 cm³/mol. The Balaban J connectivity index is 1.56. The molecule has 2 fully saturated rings. The van der Waals surface area contributed by atoms with Gasteiger partial charge in [-0.05, 0) is 78.0 Å². The molecule has 6 rings (SSSR count). The highest BCUT2D eigenvalue weighted by Gasteiger charge is 2.51. The monoisotopic (exact) mass is 505 g/mol. The van der Waals surface area contributed by atoms with Gasteiger partial charge in [0.05, 0.1) is 12.8 Å². The van der Waals surface area contributed by atoms with Crippen molar-refractivity contribution in [3.8, 4) is 17.0 Å². The zero-order chi connectivity index (χ0) is 25.1. The summed E-state index contributed by atoms with van der Waals surface area (Å²) >= 11 is -1.56. The van der Waals surface area contributed by atoms with Crippen LogP contribution in [-0.2, 0) is 17.7 Å². The minimum absolute atomic E-state index is 0.310. The van der Waals surface area contributed by atoms with Gasteiger partial charge in [-0.1, -0.05) is 32.3 Å². The molecule has 2 saturated carbocycles. The molecule has 2 aromatic carbocycles. The Morgan fingerprint density at radius 2 is 1.89 bits per heavy atom. The number of ether oxygens (including phenoxy) is 1. The first-order valence-corrected chi connectivity index (χ1v) is 14.2. The van der Waals surface area contributed by atoms with E-state index in [1.165, 1.54) is 64.2 Å². The van der Waals surface area contributed by atoms with Crippen LogP contribution in [0.1, 0.15) is 72.3 Å². The van der Waals surface area contributed by atoms with Crippen molar-refractivity contribution in [3.63, 3.8) is 0 Å². The Morgan fingerprint density at radius 1 is 1.11 bits per heavy atom. The number of amides is 1. The summed E-state index contributed by atoms with van der Waals surface area (Å²) in [6.45, 7) is 3.31. The van der Waals surface area contributed by atoms with Gasteiger partial charge in [-0.2, -0.15) is 0 Å². The smallest absolute Gasteiger partial charge is 0.264 e. The maximum atomic E-state index is 13.0. The standard InChI is InChI=1S/C29H35N3O3S/c1-17-24-16-32-25-14-19(29(33)30-36(34)31(2)3)10-12-22(25)27(18-8-6-5-7-9-18)28(32)21-13-11-20(35-4)15-23(21)26(17)24/h10-15,17-18,24,26H,5-9,16H2,1-4H3,(H,30,33)/t17-,24?,26?,36?/m1/s1. The number of fused-ring (bicyclic) bond motifs is 7. The van der Waals surface area contributed by atoms with Crippen LogP contribution in [0.3, 0.4) is 0 Å². The molecule has 2 aliphatic carbocycles. The van der Waals surface area contributed by atoms with Gasteiger partial charge in [0.1, 0.15) is 5.75 Å². The molecule has 3 unspecified atom stereocenters. The number of rotatable bonds is 5. The average molecular weight is 506 g/mol. The summed E-state index contributed by atoms with van der Waals surface area (Å²) in [5.74, 6) is 2.87. The quantitative estimate of drug-likeness (QED) is 0.491. The fraction of sp³-hybridized carbons (Fsp3) is 0.483. The molecule has 4 atom stereocenters. The van der Waals surface area contributed by atoms with Crippen molar-refractivity contribution in [2.75, 3.05) is 21.2 Å². The summed E-state index contributed by atoms with van der Waals surface area (Å²) in [5.41, 5.74) is 7.19. The molecular weight excluding hydrogens is 470 g/mol. The fourth-order valence-corrected chi connectivity index (χ4v) is 7.20. The third-order valence-corrected chi connectivity index (χ3v) is 9.74. The van der Waals surface area contributed by atoms with Crippen LogP contribution in [0.25, 0.3) is 22.2 Å². The molecule has 1 aromatic heterocycles. The Kier molecular flexibility index (Phi) is 5.96. The van der Waals surface area contributed by atoms with Gasteiger partial charge in [-0.15, -0.1) is 0 Å². The van der Waals surface area contributed by atoms with Gasteiger partial charge in [0, 0.05) is 42.7 Å². The first-order chi connectivity index (χ1) is 17.4. The molecule has 0 saturated heterocycles. The Bertz CT molecular complexity index is 1370. The number of methoxy groups -OCH3 is 1. The third-order valence-electron chi connectivity index (χ3n) is 8.72. The van der Waals surface area contributed by atoms with Crippen molar-refractivity contribution in [2.24, 2.45) is 11.8 Å². The van der Waals surface area contributed by atoms with Gasteiger partial charge in [-0.3, -0.25) is 9.52 Å². The first kappa shape index (κ1) is 23.7. The topological polar surface area (TPSA) is 63.6 Å². The number of carbonyl (C=O) groups is 1. The Hall–Kier alpha value is -2.64. The van der Waals surface area contributed by atoms with E-state index in [4.69, 9.17) is 4.74 Å². The van der Waals surface area contributed by atoms with E-state index in [0.717, 1.165) is 17.8 Å². The van der Waals surface area contributed by atoms with Gasteiger partial charge >= 0.3 is 0 Å². The average Bonchev–Trinajstić information content (AvgIpc) is 3.46. The number of nitrogens with one attached hydrogen (secondary N) is 1. The van der Waals surface area contributed by atoms with Crippen LogP contribution in [0.5, 0.6) is 5.75 Å². The van der Waals surface area contributed by atoms with Gasteiger partial charge in [0.15, 0.2) is 11.2 Å². The van der Waals surface area contributed by atoms with E-state index in [2.05, 4.69) is 40.5 Å². The molecule has 6 nitrogen and oxygen atoms in total. The van der Waals surface area contributed by atoms with Crippen LogP contribution in [-0.4, -0.2) is 40.2 Å². The second-order valence-corrected chi connectivity index (χ2v) is 12.4. The van der Waals surface area contributed by atoms with Crippen LogP contribution in [0.2, 0.25) is 0 Å². The molecule has 1 amide bonds. The van der Waals surface area contributed by atoms with Gasteiger partial charge < -0.3 is 9.30 Å². The minimum atomic E-state index is -1.56. The van der Waals surface area contributed by atoms with E-state index in [1.54, 1.807) is 21.2 Å². The zero-order valence-corrected chi connectivity index (χ0v) is 22.4. The number of carbonyl (C=O) groups excluding carboxylic acids is 1. The SMILES string of the molecule is COc1ccc2c(c1)C1C(Cn3c-2c(C2CCCCC2)c2ccc(C(=O)NS(=O)N(C)C)cc23)[C@H]1C. The molecule has 0 spiro atoms. The molecule has 36 heavy (non-hydrogen) atoms. The van der Waals surface area contributed by atoms with E-state index in [9.17, 15) is 9.00 Å². The molecule has 3 aliphatic rings. The maximum Gasteiger partial charge on any atom is 0.264 e. The highest BCUT2D eigenvalue weighted by atomic mass is 32.2. The highest BCUT2D eigenvalue weighted by molar-refractivity contribution is 7.81. The molecule has 190 valence electrons. The molecule has 7 heteroatoms. The zero-order valence-electron chi connectivity index (χ0n) is 21.5. The minimum Gasteiger partial charge on any atom is -0.497 e. The number of benzene rings is 2. The second kappa shape index (κ2) is 9.03. The summed E-state index contributed by atoms with van der Waals surface area (Å²) in [5, 5.41) is 1.26. The van der Waals surface area contributed by atoms with E-state index in [1.807, 2.05) is 12.1 Å². The summed E-state index contributed by atoms with van der Waals surface area (Å²) in [6, 6.07) is 12.6. The summed E-state index contributed by atoms with van der Waals surface area (Å²) in [4.78, 5) is 13.0. The van der Waals surface area contributed by atoms with E-state index in [-0.39, 0.29) is 5.91 Å². The maximum absolute atomic E-state index is 13.0. The lowest BCUT2D eigenvalue weighted by molar-refractivity contribution is 0.0981. The normalized spacial score (nSPS) is 24.0. The lowest BCUT2D eigenvalue weighted by Gasteiger charge is -2.24. The number of hydrogen-bond acceptors (Lipinski definition) is 3. The number of hydrogen-bond donors (Lipinski definition) is 1. The molecule has 1 aliphatic heterocycles. The Labute approximate surface area is 215 Å². The van der Waals surface area contributed by atoms with Crippen LogP contribution >= 0.6 is 0 Å². The van der Waals surface area contributed by atoms with Gasteiger partial charge in [0.2, 0.25) is 0 Å². The van der Waals surface area contributed by atoms with Crippen molar-refractivity contribution in [3.05, 3.63) is 53.1 Å². The fourth-order valence-electron chi connectivity index (χ4n) is 6.74. The van der Waals surface area contributed by atoms with Crippen molar-refractivity contribution < 1.29 is 13.7 Å². The summed E-state index contributed by atoms with van der Waals surface area (Å²) in [6.07, 6.45) is 6.28.